The minimum atomic E-state index is -0.253. The van der Waals surface area contributed by atoms with Crippen LogP contribution in [0.3, 0.4) is 0 Å². The van der Waals surface area contributed by atoms with E-state index in [1.165, 1.54) is 11.3 Å². The van der Waals surface area contributed by atoms with Gasteiger partial charge >= 0.3 is 0 Å². The number of benzene rings is 1. The Bertz CT molecular complexity index is 682. The Morgan fingerprint density at radius 1 is 1.29 bits per heavy atom. The SMILES string of the molecule is C=CCNC(=O)c1ccccc1NC(=O)c1csc(Br)c1. The molecule has 0 spiro atoms. The first-order valence-electron chi connectivity index (χ1n) is 6.15. The Kier molecular flexibility index (Phi) is 5.30. The van der Waals surface area contributed by atoms with Crippen molar-refractivity contribution in [3.05, 3.63) is 63.3 Å². The van der Waals surface area contributed by atoms with Crippen LogP contribution < -0.4 is 10.6 Å². The van der Waals surface area contributed by atoms with E-state index in [-0.39, 0.29) is 11.8 Å². The van der Waals surface area contributed by atoms with Crippen molar-refractivity contribution in [2.24, 2.45) is 0 Å². The van der Waals surface area contributed by atoms with Crippen LogP contribution in [0.15, 0.2) is 52.2 Å². The van der Waals surface area contributed by atoms with Gasteiger partial charge < -0.3 is 10.6 Å². The molecule has 1 aromatic heterocycles. The van der Waals surface area contributed by atoms with Gasteiger partial charge in [-0.05, 0) is 34.1 Å². The Balaban J connectivity index is 2.18. The van der Waals surface area contributed by atoms with E-state index in [1.54, 1.807) is 41.8 Å². The first-order chi connectivity index (χ1) is 10.1. The van der Waals surface area contributed by atoms with E-state index in [0.29, 0.717) is 23.4 Å². The molecule has 1 heterocycles. The first-order valence-corrected chi connectivity index (χ1v) is 7.82. The van der Waals surface area contributed by atoms with E-state index >= 15 is 0 Å². The molecular formula is C15H13BrN2O2S. The summed E-state index contributed by atoms with van der Waals surface area (Å²) < 4.78 is 0.879. The van der Waals surface area contributed by atoms with Gasteiger partial charge in [-0.15, -0.1) is 17.9 Å². The molecule has 6 heteroatoms. The van der Waals surface area contributed by atoms with Crippen molar-refractivity contribution >= 4 is 44.8 Å². The normalized spacial score (nSPS) is 9.95. The predicted octanol–water partition coefficient (Wildman–Crippen LogP) is 3.68. The lowest BCUT2D eigenvalue weighted by atomic mass is 10.1. The molecule has 0 aliphatic rings. The second-order valence-corrected chi connectivity index (χ2v) is 6.43. The highest BCUT2D eigenvalue weighted by atomic mass is 79.9. The third-order valence-electron chi connectivity index (χ3n) is 2.66. The van der Waals surface area contributed by atoms with Gasteiger partial charge in [0.1, 0.15) is 0 Å². The summed E-state index contributed by atoms with van der Waals surface area (Å²) in [5.41, 5.74) is 1.45. The molecule has 0 bridgehead atoms. The molecular weight excluding hydrogens is 352 g/mol. The molecule has 108 valence electrons. The van der Waals surface area contributed by atoms with Crippen LogP contribution in [0.5, 0.6) is 0 Å². The van der Waals surface area contributed by atoms with Gasteiger partial charge in [0, 0.05) is 11.9 Å². The molecule has 0 saturated heterocycles. The molecule has 21 heavy (non-hydrogen) atoms. The molecule has 2 aromatic rings. The van der Waals surface area contributed by atoms with Gasteiger partial charge in [-0.1, -0.05) is 18.2 Å². The highest BCUT2D eigenvalue weighted by molar-refractivity contribution is 9.11. The molecule has 1 aromatic carbocycles. The lowest BCUT2D eigenvalue weighted by Gasteiger charge is -2.10. The monoisotopic (exact) mass is 364 g/mol. The van der Waals surface area contributed by atoms with Gasteiger partial charge in [0.05, 0.1) is 20.6 Å². The molecule has 0 fully saturated rings. The number of amides is 2. The maximum atomic E-state index is 12.1. The van der Waals surface area contributed by atoms with Gasteiger partial charge in [-0.25, -0.2) is 0 Å². The molecule has 2 rings (SSSR count). The number of hydrogen-bond donors (Lipinski definition) is 2. The largest absolute Gasteiger partial charge is 0.349 e. The van der Waals surface area contributed by atoms with E-state index in [9.17, 15) is 9.59 Å². The summed E-state index contributed by atoms with van der Waals surface area (Å²) in [4.78, 5) is 24.2. The Hall–Kier alpha value is -1.92. The second kappa shape index (κ2) is 7.19. The zero-order valence-electron chi connectivity index (χ0n) is 11.1. The topological polar surface area (TPSA) is 58.2 Å². The number of nitrogens with one attached hydrogen (secondary N) is 2. The molecule has 4 nitrogen and oxygen atoms in total. The molecule has 0 radical (unpaired) electrons. The number of carbonyl (C=O) groups excluding carboxylic acids is 2. The quantitative estimate of drug-likeness (QED) is 0.795. The first kappa shape index (κ1) is 15.5. The van der Waals surface area contributed by atoms with Crippen LogP contribution in [0.1, 0.15) is 20.7 Å². The standard InChI is InChI=1S/C15H13BrN2O2S/c1-2-7-17-15(20)11-5-3-4-6-12(11)18-14(19)10-8-13(16)21-9-10/h2-6,8-9H,1,7H2,(H,17,20)(H,18,19). The predicted molar refractivity (Wildman–Crippen MR) is 88.9 cm³/mol. The smallest absolute Gasteiger partial charge is 0.256 e. The number of thiophene rings is 1. The number of para-hydroxylation sites is 1. The van der Waals surface area contributed by atoms with Crippen molar-refractivity contribution in [1.82, 2.24) is 5.32 Å². The highest BCUT2D eigenvalue weighted by Gasteiger charge is 2.14. The fraction of sp³-hybridized carbons (Fsp3) is 0.0667. The number of rotatable bonds is 5. The molecule has 0 unspecified atom stereocenters. The number of hydrogen-bond acceptors (Lipinski definition) is 3. The maximum absolute atomic E-state index is 12.1. The number of halogens is 1. The van der Waals surface area contributed by atoms with E-state index in [0.717, 1.165) is 3.79 Å². The van der Waals surface area contributed by atoms with Gasteiger partial charge in [-0.3, -0.25) is 9.59 Å². The van der Waals surface area contributed by atoms with Gasteiger partial charge in [-0.2, -0.15) is 0 Å². The van der Waals surface area contributed by atoms with Crippen LogP contribution in [-0.2, 0) is 0 Å². The van der Waals surface area contributed by atoms with Gasteiger partial charge in [0.2, 0.25) is 0 Å². The van der Waals surface area contributed by atoms with Gasteiger partial charge in [0.25, 0.3) is 11.8 Å². The summed E-state index contributed by atoms with van der Waals surface area (Å²) in [6, 6.07) is 8.61. The van der Waals surface area contributed by atoms with Crippen LogP contribution in [-0.4, -0.2) is 18.4 Å². The summed E-state index contributed by atoms with van der Waals surface area (Å²) in [5.74, 6) is -0.502. The van der Waals surface area contributed by atoms with E-state index < -0.39 is 0 Å². The average molecular weight is 365 g/mol. The molecule has 2 amide bonds. The summed E-state index contributed by atoms with van der Waals surface area (Å²) in [6.45, 7) is 3.92. The fourth-order valence-electron chi connectivity index (χ4n) is 1.67. The summed E-state index contributed by atoms with van der Waals surface area (Å²) in [6.07, 6.45) is 1.60. The van der Waals surface area contributed by atoms with Crippen LogP contribution in [0.2, 0.25) is 0 Å². The van der Waals surface area contributed by atoms with Crippen molar-refractivity contribution in [1.29, 1.82) is 0 Å². The summed E-state index contributed by atoms with van der Waals surface area (Å²) >= 11 is 4.75. The van der Waals surface area contributed by atoms with Crippen molar-refractivity contribution in [2.45, 2.75) is 0 Å². The Morgan fingerprint density at radius 2 is 2.05 bits per heavy atom. The molecule has 0 saturated carbocycles. The highest BCUT2D eigenvalue weighted by Crippen LogP contribution is 2.22. The maximum Gasteiger partial charge on any atom is 0.256 e. The summed E-state index contributed by atoms with van der Waals surface area (Å²) in [7, 11) is 0. The molecule has 0 aliphatic carbocycles. The number of anilines is 1. The van der Waals surface area contributed by atoms with E-state index in [1.807, 2.05) is 0 Å². The Morgan fingerprint density at radius 3 is 2.71 bits per heavy atom. The molecule has 2 N–H and O–H groups in total. The van der Waals surface area contributed by atoms with Crippen LogP contribution in [0, 0.1) is 0 Å². The zero-order chi connectivity index (χ0) is 15.2. The fourth-order valence-corrected chi connectivity index (χ4v) is 2.81. The van der Waals surface area contributed by atoms with Crippen LogP contribution >= 0.6 is 27.3 Å². The van der Waals surface area contributed by atoms with Crippen molar-refractivity contribution < 1.29 is 9.59 Å². The van der Waals surface area contributed by atoms with Gasteiger partial charge in [0.15, 0.2) is 0 Å². The lowest BCUT2D eigenvalue weighted by Crippen LogP contribution is -2.25. The molecule has 0 atom stereocenters. The van der Waals surface area contributed by atoms with E-state index in [4.69, 9.17) is 0 Å². The van der Waals surface area contributed by atoms with Crippen molar-refractivity contribution in [3.63, 3.8) is 0 Å². The lowest BCUT2D eigenvalue weighted by molar-refractivity contribution is 0.0959. The number of carbonyl (C=O) groups is 2. The van der Waals surface area contributed by atoms with Crippen molar-refractivity contribution in [3.8, 4) is 0 Å². The second-order valence-electron chi connectivity index (χ2n) is 4.14. The van der Waals surface area contributed by atoms with Crippen LogP contribution in [0.25, 0.3) is 0 Å². The average Bonchev–Trinajstić information content (AvgIpc) is 2.92. The van der Waals surface area contributed by atoms with Crippen LogP contribution in [0.4, 0.5) is 5.69 Å². The minimum absolute atomic E-state index is 0.249. The summed E-state index contributed by atoms with van der Waals surface area (Å²) in [5, 5.41) is 7.20. The zero-order valence-corrected chi connectivity index (χ0v) is 13.5. The minimum Gasteiger partial charge on any atom is -0.349 e. The third-order valence-corrected chi connectivity index (χ3v) is 4.16. The Labute approximate surface area is 135 Å². The third kappa shape index (κ3) is 4.03. The molecule has 0 aliphatic heterocycles. The van der Waals surface area contributed by atoms with Crippen molar-refractivity contribution in [2.75, 3.05) is 11.9 Å². The van der Waals surface area contributed by atoms with E-state index in [2.05, 4.69) is 33.1 Å².